The summed E-state index contributed by atoms with van der Waals surface area (Å²) in [4.78, 5) is 14.5. The van der Waals surface area contributed by atoms with Crippen molar-refractivity contribution in [3.8, 4) is 0 Å². The quantitative estimate of drug-likeness (QED) is 0.823. The maximum atomic E-state index is 11.8. The Hall–Kier alpha value is -1.82. The highest BCUT2D eigenvalue weighted by Crippen LogP contribution is 2.29. The first-order valence-electron chi connectivity index (χ1n) is 5.70. The molecule has 6 nitrogen and oxygen atoms in total. The van der Waals surface area contributed by atoms with Crippen LogP contribution >= 0.6 is 0 Å². The Morgan fingerprint density at radius 3 is 2.83 bits per heavy atom. The number of nitrogens with zero attached hydrogens (tertiary/aromatic N) is 3. The van der Waals surface area contributed by atoms with Crippen LogP contribution in [0.2, 0.25) is 0 Å². The van der Waals surface area contributed by atoms with E-state index >= 15 is 0 Å². The van der Waals surface area contributed by atoms with Crippen molar-refractivity contribution in [2.75, 3.05) is 18.5 Å². The van der Waals surface area contributed by atoms with E-state index in [2.05, 4.69) is 11.7 Å². The first-order chi connectivity index (χ1) is 8.36. The highest BCUT2D eigenvalue weighted by molar-refractivity contribution is 5.93. The van der Waals surface area contributed by atoms with E-state index in [1.165, 1.54) is 9.80 Å². The summed E-state index contributed by atoms with van der Waals surface area (Å²) in [7, 11) is 1.63. The normalized spacial score (nSPS) is 20.7. The summed E-state index contributed by atoms with van der Waals surface area (Å²) in [6.07, 6.45) is 0.846. The number of hydrogen-bond donors (Lipinski definition) is 1. The lowest BCUT2D eigenvalue weighted by molar-refractivity contribution is 0.182. The smallest absolute Gasteiger partial charge is 0.327 e. The van der Waals surface area contributed by atoms with Gasteiger partial charge >= 0.3 is 6.03 Å². The first kappa shape index (κ1) is 12.6. The SMILES string of the molecule is C=CC(C)(C)c1cc(N2C(=O)N(C)CC2O)no1. The Bertz CT molecular complexity index is 481. The molecule has 1 N–H and O–H groups in total. The van der Waals surface area contributed by atoms with Crippen molar-refractivity contribution in [3.05, 3.63) is 24.5 Å². The van der Waals surface area contributed by atoms with Gasteiger partial charge in [0.05, 0.1) is 6.54 Å². The molecular weight excluding hydrogens is 234 g/mol. The van der Waals surface area contributed by atoms with E-state index in [4.69, 9.17) is 4.52 Å². The zero-order valence-corrected chi connectivity index (χ0v) is 10.8. The summed E-state index contributed by atoms with van der Waals surface area (Å²) >= 11 is 0. The third-order valence-corrected chi connectivity index (χ3v) is 3.16. The number of hydrogen-bond acceptors (Lipinski definition) is 4. The van der Waals surface area contributed by atoms with Gasteiger partial charge < -0.3 is 14.5 Å². The van der Waals surface area contributed by atoms with E-state index in [1.54, 1.807) is 19.2 Å². The fraction of sp³-hybridized carbons (Fsp3) is 0.500. The number of aromatic nitrogens is 1. The van der Waals surface area contributed by atoms with Crippen LogP contribution in [0.15, 0.2) is 23.2 Å². The average Bonchev–Trinajstić information content (AvgIpc) is 2.86. The molecule has 1 aromatic heterocycles. The van der Waals surface area contributed by atoms with Gasteiger partial charge in [-0.05, 0) is 13.8 Å². The van der Waals surface area contributed by atoms with Crippen molar-refractivity contribution in [2.45, 2.75) is 25.5 Å². The monoisotopic (exact) mass is 251 g/mol. The second-order valence-electron chi connectivity index (χ2n) is 4.99. The number of urea groups is 1. The van der Waals surface area contributed by atoms with E-state index in [-0.39, 0.29) is 18.0 Å². The minimum atomic E-state index is -0.896. The van der Waals surface area contributed by atoms with Gasteiger partial charge in [-0.1, -0.05) is 11.2 Å². The molecule has 0 bridgehead atoms. The molecule has 1 unspecified atom stereocenters. The van der Waals surface area contributed by atoms with Gasteiger partial charge in [0.25, 0.3) is 0 Å². The van der Waals surface area contributed by atoms with E-state index < -0.39 is 6.23 Å². The van der Waals surface area contributed by atoms with Crippen molar-refractivity contribution in [1.82, 2.24) is 10.1 Å². The van der Waals surface area contributed by atoms with Crippen LogP contribution in [0.25, 0.3) is 0 Å². The molecule has 0 aromatic carbocycles. The summed E-state index contributed by atoms with van der Waals surface area (Å²) in [5, 5.41) is 13.7. The number of allylic oxidation sites excluding steroid dienone is 1. The summed E-state index contributed by atoms with van der Waals surface area (Å²) < 4.78 is 5.22. The summed E-state index contributed by atoms with van der Waals surface area (Å²) in [5.41, 5.74) is -0.370. The van der Waals surface area contributed by atoms with Crippen LogP contribution in [-0.2, 0) is 5.41 Å². The molecule has 0 spiro atoms. The van der Waals surface area contributed by atoms with Crippen molar-refractivity contribution < 1.29 is 14.4 Å². The van der Waals surface area contributed by atoms with Crippen LogP contribution in [0.4, 0.5) is 10.6 Å². The molecule has 1 aliphatic rings. The maximum absolute atomic E-state index is 11.8. The van der Waals surface area contributed by atoms with Gasteiger partial charge in [0, 0.05) is 18.5 Å². The standard InChI is InChI=1S/C12H17N3O3/c1-5-12(2,3)8-6-9(13-18-8)15-10(16)7-14(4)11(15)17/h5-6,10,16H,1,7H2,2-4H3. The van der Waals surface area contributed by atoms with E-state index in [9.17, 15) is 9.90 Å². The van der Waals surface area contributed by atoms with Crippen LogP contribution in [0.5, 0.6) is 0 Å². The summed E-state index contributed by atoms with van der Waals surface area (Å²) in [6.45, 7) is 7.85. The Morgan fingerprint density at radius 2 is 2.33 bits per heavy atom. The highest BCUT2D eigenvalue weighted by Gasteiger charge is 2.37. The fourth-order valence-electron chi connectivity index (χ4n) is 1.75. The van der Waals surface area contributed by atoms with E-state index in [0.717, 1.165) is 0 Å². The molecule has 0 aliphatic carbocycles. The zero-order valence-electron chi connectivity index (χ0n) is 10.8. The lowest BCUT2D eigenvalue weighted by atomic mass is 9.91. The van der Waals surface area contributed by atoms with Crippen molar-refractivity contribution in [3.63, 3.8) is 0 Å². The molecule has 0 saturated carbocycles. The summed E-state index contributed by atoms with van der Waals surface area (Å²) in [6, 6.07) is 1.36. The maximum Gasteiger partial charge on any atom is 0.327 e. The van der Waals surface area contributed by atoms with Crippen LogP contribution in [0.1, 0.15) is 19.6 Å². The molecule has 1 saturated heterocycles. The van der Waals surface area contributed by atoms with E-state index in [1.807, 2.05) is 13.8 Å². The third kappa shape index (κ3) is 1.88. The molecule has 1 fully saturated rings. The predicted molar refractivity (Wildman–Crippen MR) is 66.2 cm³/mol. The molecule has 18 heavy (non-hydrogen) atoms. The van der Waals surface area contributed by atoms with Gasteiger partial charge in [0.2, 0.25) is 0 Å². The van der Waals surface area contributed by atoms with Crippen LogP contribution in [0.3, 0.4) is 0 Å². The molecule has 1 aromatic rings. The van der Waals surface area contributed by atoms with Gasteiger partial charge in [0.1, 0.15) is 5.76 Å². The first-order valence-corrected chi connectivity index (χ1v) is 5.70. The molecule has 2 amide bonds. The number of rotatable bonds is 3. The van der Waals surface area contributed by atoms with Gasteiger partial charge in [-0.2, -0.15) is 0 Å². The molecule has 1 atom stereocenters. The second kappa shape index (κ2) is 4.13. The van der Waals surface area contributed by atoms with Gasteiger partial charge in [0.15, 0.2) is 12.0 Å². The third-order valence-electron chi connectivity index (χ3n) is 3.16. The Kier molecular flexibility index (Phi) is 2.90. The largest absolute Gasteiger partial charge is 0.371 e. The van der Waals surface area contributed by atoms with Crippen molar-refractivity contribution in [1.29, 1.82) is 0 Å². The van der Waals surface area contributed by atoms with Gasteiger partial charge in [-0.15, -0.1) is 6.58 Å². The lowest BCUT2D eigenvalue weighted by Gasteiger charge is -2.16. The number of carbonyl (C=O) groups excluding carboxylic acids is 1. The van der Waals surface area contributed by atoms with Gasteiger partial charge in [-0.3, -0.25) is 0 Å². The van der Waals surface area contributed by atoms with E-state index in [0.29, 0.717) is 11.6 Å². The number of carbonyl (C=O) groups is 1. The molecule has 98 valence electrons. The molecule has 0 radical (unpaired) electrons. The Balaban J connectivity index is 2.31. The Morgan fingerprint density at radius 1 is 1.67 bits per heavy atom. The topological polar surface area (TPSA) is 69.8 Å². The lowest BCUT2D eigenvalue weighted by Crippen LogP contribution is -2.34. The minimum Gasteiger partial charge on any atom is -0.371 e. The number of β-amino-alcohol motifs (C(OH)–C–C–N with tert-alkyl or cyclic N) is 1. The molecule has 2 rings (SSSR count). The highest BCUT2D eigenvalue weighted by atomic mass is 16.5. The predicted octanol–water partition coefficient (Wildman–Crippen LogP) is 1.33. The molecule has 2 heterocycles. The second-order valence-corrected chi connectivity index (χ2v) is 4.99. The van der Waals surface area contributed by atoms with Crippen LogP contribution in [-0.4, -0.2) is 41.0 Å². The van der Waals surface area contributed by atoms with Gasteiger partial charge in [-0.25, -0.2) is 9.69 Å². The number of likely N-dealkylation sites (N-methyl/N-ethyl adjacent to an activating group) is 1. The molecular formula is C12H17N3O3. The minimum absolute atomic E-state index is 0.256. The number of amides is 2. The number of anilines is 1. The number of aliphatic hydroxyl groups is 1. The summed E-state index contributed by atoms with van der Waals surface area (Å²) in [5.74, 6) is 0.920. The molecule has 6 heteroatoms. The number of aliphatic hydroxyl groups excluding tert-OH is 1. The fourth-order valence-corrected chi connectivity index (χ4v) is 1.75. The van der Waals surface area contributed by atoms with Crippen LogP contribution in [0, 0.1) is 0 Å². The molecule has 1 aliphatic heterocycles. The van der Waals surface area contributed by atoms with Crippen molar-refractivity contribution >= 4 is 11.8 Å². The average molecular weight is 251 g/mol. The Labute approximate surface area is 105 Å². The van der Waals surface area contributed by atoms with Crippen LogP contribution < -0.4 is 4.90 Å². The zero-order chi connectivity index (χ0) is 13.5. The van der Waals surface area contributed by atoms with Crippen molar-refractivity contribution in [2.24, 2.45) is 0 Å².